The van der Waals surface area contributed by atoms with Gasteiger partial charge >= 0.3 is 0 Å². The van der Waals surface area contributed by atoms with E-state index < -0.39 is 0 Å². The molecule has 0 radical (unpaired) electrons. The number of thiazole rings is 1. The molecule has 1 aromatic carbocycles. The molecule has 1 aromatic heterocycles. The molecule has 6 nitrogen and oxygen atoms in total. The number of benzene rings is 1. The number of ether oxygens (including phenoxy) is 1. The summed E-state index contributed by atoms with van der Waals surface area (Å²) in [5.74, 6) is 0.140. The Morgan fingerprint density at radius 2 is 1.92 bits per heavy atom. The molecule has 2 aromatic rings. The third kappa shape index (κ3) is 4.82. The summed E-state index contributed by atoms with van der Waals surface area (Å²) in [6.07, 6.45) is 4.43. The fraction of sp³-hybridized carbons (Fsp3) is 0.421. The Morgan fingerprint density at radius 3 is 2.62 bits per heavy atom. The molecule has 1 aliphatic rings. The van der Waals surface area contributed by atoms with Crippen molar-refractivity contribution in [3.05, 3.63) is 40.4 Å². The van der Waals surface area contributed by atoms with Crippen molar-refractivity contribution in [2.24, 2.45) is 0 Å². The van der Waals surface area contributed by atoms with Crippen LogP contribution in [0.5, 0.6) is 5.75 Å². The zero-order valence-electron chi connectivity index (χ0n) is 15.0. The van der Waals surface area contributed by atoms with Crippen LogP contribution in [0.3, 0.4) is 0 Å². The lowest BCUT2D eigenvalue weighted by atomic mass is 10.0. The molecule has 0 bridgehead atoms. The molecule has 0 spiro atoms. The maximum absolute atomic E-state index is 12.1. The van der Waals surface area contributed by atoms with Crippen LogP contribution < -0.4 is 15.4 Å². The molecular weight excluding hydrogens is 350 g/mol. The van der Waals surface area contributed by atoms with E-state index in [1.807, 2.05) is 13.8 Å². The highest BCUT2D eigenvalue weighted by Crippen LogP contribution is 2.29. The molecule has 2 N–H and O–H groups in total. The summed E-state index contributed by atoms with van der Waals surface area (Å²) in [6.45, 7) is 3.80. The predicted molar refractivity (Wildman–Crippen MR) is 102 cm³/mol. The Bertz CT molecular complexity index is 760. The molecule has 3 rings (SSSR count). The number of hydrogen-bond acceptors (Lipinski definition) is 5. The third-order valence-electron chi connectivity index (χ3n) is 3.99. The molecule has 0 saturated heterocycles. The van der Waals surface area contributed by atoms with Gasteiger partial charge in [-0.25, -0.2) is 4.98 Å². The lowest BCUT2D eigenvalue weighted by molar-refractivity contribution is -0.115. The largest absolute Gasteiger partial charge is 0.491 e. The minimum atomic E-state index is -0.297. The Balaban J connectivity index is 1.49. The highest BCUT2D eigenvalue weighted by molar-refractivity contribution is 7.15. The Kier molecular flexibility index (Phi) is 5.88. The number of carbonyl (C=O) groups is 2. The van der Waals surface area contributed by atoms with Gasteiger partial charge in [-0.05, 0) is 63.8 Å². The lowest BCUT2D eigenvalue weighted by Crippen LogP contribution is -2.32. The summed E-state index contributed by atoms with van der Waals surface area (Å²) in [5.41, 5.74) is 1.59. The SMILES string of the molecule is CC(C)Oc1ccc(C(=O)NCC(=O)Nc2nc3c(s2)CCCC3)cc1. The lowest BCUT2D eigenvalue weighted by Gasteiger charge is -2.10. The first-order valence-corrected chi connectivity index (χ1v) is 9.66. The minimum absolute atomic E-state index is 0.0786. The molecule has 1 heterocycles. The zero-order chi connectivity index (χ0) is 18.5. The molecule has 0 aliphatic heterocycles. The third-order valence-corrected chi connectivity index (χ3v) is 5.06. The van der Waals surface area contributed by atoms with Gasteiger partial charge < -0.3 is 15.4 Å². The number of aromatic nitrogens is 1. The van der Waals surface area contributed by atoms with Crippen LogP contribution in [0, 0.1) is 0 Å². The molecule has 0 unspecified atom stereocenters. The van der Waals surface area contributed by atoms with Gasteiger partial charge in [0.05, 0.1) is 18.3 Å². The van der Waals surface area contributed by atoms with Crippen molar-refractivity contribution >= 4 is 28.3 Å². The molecule has 1 aliphatic carbocycles. The standard InChI is InChI=1S/C19H23N3O3S/c1-12(2)25-14-9-7-13(8-10-14)18(24)20-11-17(23)22-19-21-15-5-3-4-6-16(15)26-19/h7-10,12H,3-6,11H2,1-2H3,(H,20,24)(H,21,22,23). The first kappa shape index (κ1) is 18.4. The Hall–Kier alpha value is -2.41. The second kappa shape index (κ2) is 8.31. The van der Waals surface area contributed by atoms with Crippen LogP contribution in [-0.4, -0.2) is 29.4 Å². The number of hydrogen-bond donors (Lipinski definition) is 2. The minimum Gasteiger partial charge on any atom is -0.491 e. The molecule has 7 heteroatoms. The number of nitrogens with zero attached hydrogens (tertiary/aromatic N) is 1. The number of aryl methyl sites for hydroxylation is 2. The first-order valence-electron chi connectivity index (χ1n) is 8.84. The highest BCUT2D eigenvalue weighted by Gasteiger charge is 2.16. The number of carbonyl (C=O) groups excluding carboxylic acids is 2. The van der Waals surface area contributed by atoms with Crippen LogP contribution in [0.15, 0.2) is 24.3 Å². The molecule has 138 valence electrons. The number of amides is 2. The average molecular weight is 373 g/mol. The molecular formula is C19H23N3O3S. The molecule has 0 atom stereocenters. The summed E-state index contributed by atoms with van der Waals surface area (Å²) in [7, 11) is 0. The van der Waals surface area contributed by atoms with Crippen molar-refractivity contribution in [1.82, 2.24) is 10.3 Å². The molecule has 0 saturated carbocycles. The normalized spacial score (nSPS) is 13.2. The Labute approximate surface area is 157 Å². The smallest absolute Gasteiger partial charge is 0.251 e. The van der Waals surface area contributed by atoms with E-state index >= 15 is 0 Å². The van der Waals surface area contributed by atoms with Gasteiger partial charge in [-0.2, -0.15) is 0 Å². The van der Waals surface area contributed by atoms with Crippen molar-refractivity contribution in [1.29, 1.82) is 0 Å². The summed E-state index contributed by atoms with van der Waals surface area (Å²) in [4.78, 5) is 29.9. The van der Waals surface area contributed by atoms with E-state index in [2.05, 4.69) is 15.6 Å². The highest BCUT2D eigenvalue weighted by atomic mass is 32.1. The van der Waals surface area contributed by atoms with E-state index in [-0.39, 0.29) is 24.5 Å². The fourth-order valence-corrected chi connectivity index (χ4v) is 3.85. The predicted octanol–water partition coefficient (Wildman–Crippen LogP) is 3.18. The van der Waals surface area contributed by atoms with Crippen molar-refractivity contribution in [3.63, 3.8) is 0 Å². The number of fused-ring (bicyclic) bond motifs is 1. The van der Waals surface area contributed by atoms with Gasteiger partial charge in [0.25, 0.3) is 5.91 Å². The van der Waals surface area contributed by atoms with Gasteiger partial charge in [0.2, 0.25) is 5.91 Å². The summed E-state index contributed by atoms with van der Waals surface area (Å²) < 4.78 is 5.55. The van der Waals surface area contributed by atoms with Crippen LogP contribution in [0.1, 0.15) is 47.6 Å². The van der Waals surface area contributed by atoms with Crippen LogP contribution >= 0.6 is 11.3 Å². The summed E-state index contributed by atoms with van der Waals surface area (Å²) in [5, 5.41) is 6.01. The average Bonchev–Trinajstić information content (AvgIpc) is 3.02. The molecule has 2 amide bonds. The van der Waals surface area contributed by atoms with Gasteiger partial charge in [0.1, 0.15) is 5.75 Å². The van der Waals surface area contributed by atoms with Gasteiger partial charge in [-0.15, -0.1) is 11.3 Å². The van der Waals surface area contributed by atoms with Gasteiger partial charge in [0, 0.05) is 10.4 Å². The van der Waals surface area contributed by atoms with Gasteiger partial charge in [0.15, 0.2) is 5.13 Å². The number of nitrogens with one attached hydrogen (secondary N) is 2. The summed E-state index contributed by atoms with van der Waals surface area (Å²) in [6, 6.07) is 6.85. The molecule has 0 fully saturated rings. The van der Waals surface area contributed by atoms with Crippen LogP contribution in [-0.2, 0) is 17.6 Å². The van der Waals surface area contributed by atoms with E-state index in [1.165, 1.54) is 22.6 Å². The van der Waals surface area contributed by atoms with Crippen molar-refractivity contribution in [3.8, 4) is 5.75 Å². The second-order valence-corrected chi connectivity index (χ2v) is 7.60. The van der Waals surface area contributed by atoms with E-state index in [4.69, 9.17) is 4.74 Å². The fourth-order valence-electron chi connectivity index (χ4n) is 2.79. The second-order valence-electron chi connectivity index (χ2n) is 6.52. The van der Waals surface area contributed by atoms with E-state index in [9.17, 15) is 9.59 Å². The van der Waals surface area contributed by atoms with Crippen LogP contribution in [0.4, 0.5) is 5.13 Å². The van der Waals surface area contributed by atoms with Crippen molar-refractivity contribution in [2.75, 3.05) is 11.9 Å². The summed E-state index contributed by atoms with van der Waals surface area (Å²) >= 11 is 1.53. The van der Waals surface area contributed by atoms with Crippen LogP contribution in [0.2, 0.25) is 0 Å². The van der Waals surface area contributed by atoms with Gasteiger partial charge in [-0.1, -0.05) is 0 Å². The van der Waals surface area contributed by atoms with E-state index in [1.54, 1.807) is 24.3 Å². The first-order chi connectivity index (χ1) is 12.5. The number of rotatable bonds is 6. The topological polar surface area (TPSA) is 80.3 Å². The quantitative estimate of drug-likeness (QED) is 0.815. The maximum atomic E-state index is 12.1. The van der Waals surface area contributed by atoms with Crippen molar-refractivity contribution < 1.29 is 14.3 Å². The maximum Gasteiger partial charge on any atom is 0.251 e. The zero-order valence-corrected chi connectivity index (χ0v) is 15.8. The molecule has 26 heavy (non-hydrogen) atoms. The van der Waals surface area contributed by atoms with E-state index in [0.717, 1.165) is 25.0 Å². The van der Waals surface area contributed by atoms with Gasteiger partial charge in [-0.3, -0.25) is 9.59 Å². The monoisotopic (exact) mass is 373 g/mol. The Morgan fingerprint density at radius 1 is 1.19 bits per heavy atom. The number of anilines is 1. The van der Waals surface area contributed by atoms with Crippen LogP contribution in [0.25, 0.3) is 0 Å². The van der Waals surface area contributed by atoms with Crippen molar-refractivity contribution in [2.45, 2.75) is 45.6 Å². The van der Waals surface area contributed by atoms with E-state index in [0.29, 0.717) is 16.4 Å².